The van der Waals surface area contributed by atoms with Gasteiger partial charge in [0.05, 0.1) is 5.75 Å². The Kier molecular flexibility index (Phi) is 4.73. The van der Waals surface area contributed by atoms with Gasteiger partial charge in [-0.1, -0.05) is 48.0 Å². The summed E-state index contributed by atoms with van der Waals surface area (Å²) in [5.74, 6) is 0.0453. The van der Waals surface area contributed by atoms with E-state index in [1.165, 1.54) is 0 Å². The molecule has 0 radical (unpaired) electrons. The summed E-state index contributed by atoms with van der Waals surface area (Å²) in [6.07, 6.45) is 1.98. The normalized spacial score (nSPS) is 13.2. The van der Waals surface area contributed by atoms with E-state index >= 15 is 0 Å². The maximum atomic E-state index is 11.9. The Balaban J connectivity index is 2.04. The lowest BCUT2D eigenvalue weighted by molar-refractivity contribution is 0.579. The molecule has 5 heteroatoms. The van der Waals surface area contributed by atoms with Gasteiger partial charge in [0, 0.05) is 29.6 Å². The van der Waals surface area contributed by atoms with E-state index in [4.69, 9.17) is 0 Å². The van der Waals surface area contributed by atoms with Gasteiger partial charge in [0.2, 0.25) is 10.0 Å². The van der Waals surface area contributed by atoms with Crippen LogP contribution in [0.15, 0.2) is 54.7 Å². The Bertz CT molecular complexity index is 945. The van der Waals surface area contributed by atoms with Gasteiger partial charge >= 0.3 is 0 Å². The van der Waals surface area contributed by atoms with Gasteiger partial charge in [-0.15, -0.1) is 0 Å². The van der Waals surface area contributed by atoms with Crippen molar-refractivity contribution in [1.82, 2.24) is 9.71 Å². The molecule has 0 bridgehead atoms. The van der Waals surface area contributed by atoms with Crippen molar-refractivity contribution >= 4 is 20.9 Å². The summed E-state index contributed by atoms with van der Waals surface area (Å²) in [5, 5.41) is 1.12. The van der Waals surface area contributed by atoms with Crippen LogP contribution >= 0.6 is 0 Å². The average molecular weight is 342 g/mol. The van der Waals surface area contributed by atoms with Gasteiger partial charge in [-0.25, -0.2) is 13.1 Å². The molecule has 126 valence electrons. The monoisotopic (exact) mass is 342 g/mol. The van der Waals surface area contributed by atoms with Crippen molar-refractivity contribution in [3.63, 3.8) is 0 Å². The molecular formula is C19H22N2O2S. The van der Waals surface area contributed by atoms with Crippen LogP contribution in [0.3, 0.4) is 0 Å². The summed E-state index contributed by atoms with van der Waals surface area (Å²) in [5.41, 5.74) is 4.44. The van der Waals surface area contributed by atoms with Gasteiger partial charge in [0.25, 0.3) is 0 Å². The Morgan fingerprint density at radius 3 is 2.67 bits per heavy atom. The molecule has 3 rings (SSSR count). The molecule has 0 aliphatic carbocycles. The molecule has 0 spiro atoms. The van der Waals surface area contributed by atoms with E-state index in [1.54, 1.807) is 6.92 Å². The third-order valence-electron chi connectivity index (χ3n) is 4.33. The molecule has 3 aromatic rings. The third-order valence-corrected chi connectivity index (χ3v) is 5.70. The lowest BCUT2D eigenvalue weighted by atomic mass is 9.90. The smallest absolute Gasteiger partial charge is 0.211 e. The van der Waals surface area contributed by atoms with E-state index in [0.29, 0.717) is 6.54 Å². The Labute approximate surface area is 143 Å². The molecule has 24 heavy (non-hydrogen) atoms. The number of aryl methyl sites for hydroxylation is 1. The molecule has 0 aliphatic rings. The van der Waals surface area contributed by atoms with Gasteiger partial charge in [0.1, 0.15) is 0 Å². The van der Waals surface area contributed by atoms with Gasteiger partial charge in [-0.3, -0.25) is 0 Å². The molecule has 0 saturated heterocycles. The maximum Gasteiger partial charge on any atom is 0.211 e. The van der Waals surface area contributed by atoms with Crippen molar-refractivity contribution in [2.75, 3.05) is 12.3 Å². The summed E-state index contributed by atoms with van der Waals surface area (Å²) >= 11 is 0. The van der Waals surface area contributed by atoms with E-state index in [-0.39, 0.29) is 11.7 Å². The highest BCUT2D eigenvalue weighted by Gasteiger charge is 2.20. The summed E-state index contributed by atoms with van der Waals surface area (Å²) in [6.45, 7) is 4.04. The zero-order chi connectivity index (χ0) is 17.2. The molecular weight excluding hydrogens is 320 g/mol. The van der Waals surface area contributed by atoms with Crippen molar-refractivity contribution in [3.8, 4) is 0 Å². The van der Waals surface area contributed by atoms with Gasteiger partial charge < -0.3 is 4.98 Å². The second kappa shape index (κ2) is 6.79. The summed E-state index contributed by atoms with van der Waals surface area (Å²) in [7, 11) is -3.24. The SMILES string of the molecule is CCS(=O)(=O)NCC(c1cccc(C)c1)c1c[nH]c2ccccc12. The van der Waals surface area contributed by atoms with E-state index in [2.05, 4.69) is 27.9 Å². The number of sulfonamides is 1. The Morgan fingerprint density at radius 1 is 1.12 bits per heavy atom. The van der Waals surface area contributed by atoms with Gasteiger partial charge in [-0.05, 0) is 31.0 Å². The van der Waals surface area contributed by atoms with E-state index in [9.17, 15) is 8.42 Å². The minimum Gasteiger partial charge on any atom is -0.361 e. The number of H-pyrrole nitrogens is 1. The predicted octanol–water partition coefficient (Wildman–Crippen LogP) is 3.55. The van der Waals surface area contributed by atoms with E-state index < -0.39 is 10.0 Å². The first kappa shape index (κ1) is 16.7. The molecule has 2 aromatic carbocycles. The Morgan fingerprint density at radius 2 is 1.92 bits per heavy atom. The average Bonchev–Trinajstić information content (AvgIpc) is 2.99. The summed E-state index contributed by atoms with van der Waals surface area (Å²) < 4.78 is 26.6. The number of fused-ring (bicyclic) bond motifs is 1. The van der Waals surface area contributed by atoms with Crippen LogP contribution in [0.4, 0.5) is 0 Å². The number of rotatable bonds is 6. The van der Waals surface area contributed by atoms with E-state index in [0.717, 1.165) is 27.6 Å². The zero-order valence-corrected chi connectivity index (χ0v) is 14.7. The molecule has 0 saturated carbocycles. The molecule has 1 unspecified atom stereocenters. The summed E-state index contributed by atoms with van der Waals surface area (Å²) in [6, 6.07) is 16.3. The second-order valence-electron chi connectivity index (χ2n) is 6.01. The molecule has 0 aliphatic heterocycles. The number of aromatic amines is 1. The minimum atomic E-state index is -3.24. The number of aromatic nitrogens is 1. The highest BCUT2D eigenvalue weighted by atomic mass is 32.2. The van der Waals surface area contributed by atoms with Crippen LogP contribution in [0, 0.1) is 6.92 Å². The number of benzene rings is 2. The molecule has 1 atom stereocenters. The standard InChI is InChI=1S/C19H22N2O2S/c1-3-24(22,23)21-13-17(15-8-6-7-14(2)11-15)18-12-20-19-10-5-4-9-16(18)19/h4-12,17,20-21H,3,13H2,1-2H3. The fourth-order valence-electron chi connectivity index (χ4n) is 2.99. The highest BCUT2D eigenvalue weighted by molar-refractivity contribution is 7.89. The van der Waals surface area contributed by atoms with Crippen molar-refractivity contribution in [2.45, 2.75) is 19.8 Å². The van der Waals surface area contributed by atoms with Crippen LogP contribution in [-0.4, -0.2) is 25.7 Å². The second-order valence-corrected chi connectivity index (χ2v) is 8.10. The van der Waals surface area contributed by atoms with Crippen LogP contribution in [0.25, 0.3) is 10.9 Å². The van der Waals surface area contributed by atoms with Crippen molar-refractivity contribution in [1.29, 1.82) is 0 Å². The quantitative estimate of drug-likeness (QED) is 0.720. The van der Waals surface area contributed by atoms with Crippen molar-refractivity contribution in [3.05, 3.63) is 71.4 Å². The topological polar surface area (TPSA) is 62.0 Å². The maximum absolute atomic E-state index is 11.9. The van der Waals surface area contributed by atoms with Gasteiger partial charge in [0.15, 0.2) is 0 Å². The number of para-hydroxylation sites is 1. The fraction of sp³-hybridized carbons (Fsp3) is 0.263. The van der Waals surface area contributed by atoms with Crippen LogP contribution in [0.1, 0.15) is 29.5 Å². The predicted molar refractivity (Wildman–Crippen MR) is 98.8 cm³/mol. The van der Waals surface area contributed by atoms with Crippen LogP contribution < -0.4 is 4.72 Å². The van der Waals surface area contributed by atoms with Crippen molar-refractivity contribution in [2.24, 2.45) is 0 Å². The lowest BCUT2D eigenvalue weighted by Gasteiger charge is -2.18. The first-order chi connectivity index (χ1) is 11.5. The molecule has 4 nitrogen and oxygen atoms in total. The molecule has 0 amide bonds. The van der Waals surface area contributed by atoms with E-state index in [1.807, 2.05) is 43.5 Å². The van der Waals surface area contributed by atoms with Gasteiger partial charge in [-0.2, -0.15) is 0 Å². The van der Waals surface area contributed by atoms with Crippen LogP contribution in [0.2, 0.25) is 0 Å². The summed E-state index contributed by atoms with van der Waals surface area (Å²) in [4.78, 5) is 3.29. The Hall–Kier alpha value is -2.11. The molecule has 1 aromatic heterocycles. The molecule has 0 fully saturated rings. The zero-order valence-electron chi connectivity index (χ0n) is 13.9. The number of nitrogens with one attached hydrogen (secondary N) is 2. The van der Waals surface area contributed by atoms with Crippen LogP contribution in [-0.2, 0) is 10.0 Å². The third kappa shape index (κ3) is 3.52. The minimum absolute atomic E-state index is 0.0395. The first-order valence-corrected chi connectivity index (χ1v) is 9.75. The number of hydrogen-bond acceptors (Lipinski definition) is 2. The largest absolute Gasteiger partial charge is 0.361 e. The first-order valence-electron chi connectivity index (χ1n) is 8.10. The van der Waals surface area contributed by atoms with Crippen LogP contribution in [0.5, 0.6) is 0 Å². The van der Waals surface area contributed by atoms with Crippen molar-refractivity contribution < 1.29 is 8.42 Å². The highest BCUT2D eigenvalue weighted by Crippen LogP contribution is 2.31. The lowest BCUT2D eigenvalue weighted by Crippen LogP contribution is -2.30. The fourth-order valence-corrected chi connectivity index (χ4v) is 3.61. The molecule has 2 N–H and O–H groups in total. The number of hydrogen-bond donors (Lipinski definition) is 2. The molecule has 1 heterocycles.